The Morgan fingerprint density at radius 1 is 0.886 bits per heavy atom. The van der Waals surface area contributed by atoms with Gasteiger partial charge >= 0.3 is 24.3 Å². The molecule has 2 atom stereocenters. The van der Waals surface area contributed by atoms with Crippen LogP contribution in [0.5, 0.6) is 5.75 Å². The Hall–Kier alpha value is -4.74. The van der Waals surface area contributed by atoms with Gasteiger partial charge in [-0.05, 0) is 53.8 Å². The number of benzene rings is 1. The number of nitrogens with one attached hydrogen (secondary N) is 1. The number of methoxy groups -OCH3 is 1. The topological polar surface area (TPSA) is 160 Å². The van der Waals surface area contributed by atoms with E-state index in [1.807, 2.05) is 41.2 Å². The average Bonchev–Trinajstić information content (AvgIpc) is 3.55. The third kappa shape index (κ3) is 9.38. The van der Waals surface area contributed by atoms with Crippen molar-refractivity contribution in [3.63, 3.8) is 0 Å². The minimum Gasteiger partial charge on any atom is -0.497 e. The third-order valence-electron chi connectivity index (χ3n) is 6.53. The van der Waals surface area contributed by atoms with Gasteiger partial charge in [0.2, 0.25) is 5.82 Å². The van der Waals surface area contributed by atoms with E-state index in [-0.39, 0.29) is 5.91 Å². The summed E-state index contributed by atoms with van der Waals surface area (Å²) in [4.78, 5) is 37.2. The Kier molecular flexibility index (Phi) is 10.9. The lowest BCUT2D eigenvalue weighted by atomic mass is 9.89. The molecule has 3 aromatic rings. The van der Waals surface area contributed by atoms with Gasteiger partial charge in [-0.2, -0.15) is 26.3 Å². The van der Waals surface area contributed by atoms with Crippen LogP contribution in [0, 0.1) is 11.8 Å². The number of carboxylic acids is 2. The standard InChI is InChI=1S/C22H24N6O2.2C2HF3O2/c1-30-19-4-2-18(3-5-19)24-22(29)21-26-25-20-10-16-12-27(13-17(16)14-28(20)21)11-15-6-8-23-9-7-15;2*3-2(4,5)1(6)7/h2-9,16-17H,10-14H2,1H3,(H,24,29);2*(H,6,7). The number of alkyl halides is 6. The first-order valence-electron chi connectivity index (χ1n) is 12.7. The number of halogens is 6. The van der Waals surface area contributed by atoms with Gasteiger partial charge in [0.05, 0.1) is 7.11 Å². The Bertz CT molecular complexity index is 1410. The van der Waals surface area contributed by atoms with Crippen molar-refractivity contribution in [2.24, 2.45) is 11.8 Å². The first-order chi connectivity index (χ1) is 20.6. The lowest BCUT2D eigenvalue weighted by Gasteiger charge is -2.25. The molecule has 12 nitrogen and oxygen atoms in total. The molecule has 2 aromatic heterocycles. The van der Waals surface area contributed by atoms with Crippen molar-refractivity contribution in [3.8, 4) is 5.75 Å². The normalized spacial score (nSPS) is 17.5. The number of hydrogen-bond donors (Lipinski definition) is 3. The first-order valence-corrected chi connectivity index (χ1v) is 12.7. The van der Waals surface area contributed by atoms with Crippen LogP contribution in [0.15, 0.2) is 48.8 Å². The minimum absolute atomic E-state index is 0.232. The number of carbonyl (C=O) groups excluding carboxylic acids is 1. The third-order valence-corrected chi connectivity index (χ3v) is 6.53. The van der Waals surface area contributed by atoms with E-state index < -0.39 is 24.3 Å². The van der Waals surface area contributed by atoms with E-state index in [4.69, 9.17) is 24.5 Å². The summed E-state index contributed by atoms with van der Waals surface area (Å²) in [6, 6.07) is 11.4. The van der Waals surface area contributed by atoms with Crippen LogP contribution in [0.3, 0.4) is 0 Å². The zero-order valence-electron chi connectivity index (χ0n) is 22.8. The van der Waals surface area contributed by atoms with Crippen molar-refractivity contribution in [1.82, 2.24) is 24.6 Å². The molecule has 1 amide bonds. The molecule has 2 aliphatic rings. The molecule has 5 rings (SSSR count). The highest BCUT2D eigenvalue weighted by atomic mass is 19.4. The summed E-state index contributed by atoms with van der Waals surface area (Å²) in [5, 5.41) is 25.7. The van der Waals surface area contributed by atoms with Crippen LogP contribution >= 0.6 is 0 Å². The molecule has 238 valence electrons. The zero-order valence-corrected chi connectivity index (χ0v) is 22.8. The van der Waals surface area contributed by atoms with Crippen LogP contribution in [-0.4, -0.2) is 85.3 Å². The molecule has 0 aliphatic carbocycles. The Morgan fingerprint density at radius 2 is 1.43 bits per heavy atom. The van der Waals surface area contributed by atoms with Crippen LogP contribution in [-0.2, 0) is 29.1 Å². The number of nitrogens with zero attached hydrogens (tertiary/aromatic N) is 5. The highest BCUT2D eigenvalue weighted by molar-refractivity contribution is 6.01. The molecule has 0 radical (unpaired) electrons. The van der Waals surface area contributed by atoms with Crippen LogP contribution in [0.1, 0.15) is 22.0 Å². The van der Waals surface area contributed by atoms with Gasteiger partial charge in [0.1, 0.15) is 11.6 Å². The molecule has 2 unspecified atom stereocenters. The number of fused-ring (bicyclic) bond motifs is 2. The quantitative estimate of drug-likeness (QED) is 0.356. The van der Waals surface area contributed by atoms with E-state index in [0.717, 1.165) is 44.2 Å². The molecular weight excluding hydrogens is 606 g/mol. The van der Waals surface area contributed by atoms with Gasteiger partial charge in [0.25, 0.3) is 5.91 Å². The maximum absolute atomic E-state index is 12.8. The predicted molar refractivity (Wildman–Crippen MR) is 139 cm³/mol. The number of ether oxygens (including phenoxy) is 1. The second-order valence-corrected chi connectivity index (χ2v) is 9.61. The van der Waals surface area contributed by atoms with Gasteiger partial charge in [-0.25, -0.2) is 9.59 Å². The van der Waals surface area contributed by atoms with Crippen LogP contribution in [0.2, 0.25) is 0 Å². The van der Waals surface area contributed by atoms with E-state index in [2.05, 4.69) is 37.5 Å². The molecule has 0 bridgehead atoms. The van der Waals surface area contributed by atoms with Crippen molar-refractivity contribution in [2.45, 2.75) is 31.9 Å². The zero-order chi connectivity index (χ0) is 32.7. The van der Waals surface area contributed by atoms with Gasteiger partial charge in [-0.3, -0.25) is 14.7 Å². The number of carboxylic acid groups (broad SMARTS) is 2. The summed E-state index contributed by atoms with van der Waals surface area (Å²) in [5.41, 5.74) is 1.99. The van der Waals surface area contributed by atoms with Crippen molar-refractivity contribution in [2.75, 3.05) is 25.5 Å². The summed E-state index contributed by atoms with van der Waals surface area (Å²) >= 11 is 0. The lowest BCUT2D eigenvalue weighted by molar-refractivity contribution is -0.193. The number of rotatable bonds is 5. The van der Waals surface area contributed by atoms with Crippen molar-refractivity contribution in [1.29, 1.82) is 0 Å². The fourth-order valence-electron chi connectivity index (χ4n) is 4.53. The van der Waals surface area contributed by atoms with E-state index >= 15 is 0 Å². The summed E-state index contributed by atoms with van der Waals surface area (Å²) in [6.07, 6.45) is -5.62. The molecule has 1 saturated heterocycles. The number of likely N-dealkylation sites (tertiary alicyclic amines) is 1. The van der Waals surface area contributed by atoms with E-state index in [0.29, 0.717) is 23.3 Å². The molecule has 4 heterocycles. The highest BCUT2D eigenvalue weighted by Crippen LogP contribution is 2.33. The van der Waals surface area contributed by atoms with Gasteiger partial charge in [-0.15, -0.1) is 10.2 Å². The number of aromatic nitrogens is 4. The van der Waals surface area contributed by atoms with E-state index in [1.54, 1.807) is 7.11 Å². The van der Waals surface area contributed by atoms with Crippen LogP contribution < -0.4 is 10.1 Å². The van der Waals surface area contributed by atoms with Crippen LogP contribution in [0.25, 0.3) is 0 Å². The van der Waals surface area contributed by atoms with Gasteiger partial charge < -0.3 is 24.8 Å². The molecule has 44 heavy (non-hydrogen) atoms. The number of pyridine rings is 1. The van der Waals surface area contributed by atoms with Crippen molar-refractivity contribution in [3.05, 3.63) is 66.0 Å². The fourth-order valence-corrected chi connectivity index (χ4v) is 4.53. The Labute approximate surface area is 245 Å². The second-order valence-electron chi connectivity index (χ2n) is 9.61. The van der Waals surface area contributed by atoms with Crippen LogP contribution in [0.4, 0.5) is 32.0 Å². The van der Waals surface area contributed by atoms with Crippen molar-refractivity contribution < 1.29 is 55.7 Å². The predicted octanol–water partition coefficient (Wildman–Crippen LogP) is 3.50. The Morgan fingerprint density at radius 3 is 1.95 bits per heavy atom. The molecule has 0 saturated carbocycles. The van der Waals surface area contributed by atoms with Gasteiger partial charge in [0.15, 0.2) is 0 Å². The summed E-state index contributed by atoms with van der Waals surface area (Å²) in [6.45, 7) is 3.78. The Balaban J connectivity index is 0.000000317. The number of amides is 1. The molecule has 1 fully saturated rings. The monoisotopic (exact) mass is 632 g/mol. The van der Waals surface area contributed by atoms with Crippen molar-refractivity contribution >= 4 is 23.5 Å². The summed E-state index contributed by atoms with van der Waals surface area (Å²) in [5.74, 6) is -2.65. The largest absolute Gasteiger partial charge is 0.497 e. The van der Waals surface area contributed by atoms with E-state index in [9.17, 15) is 31.1 Å². The number of aliphatic carboxylic acids is 2. The maximum atomic E-state index is 12.8. The summed E-state index contributed by atoms with van der Waals surface area (Å²) in [7, 11) is 1.62. The number of carbonyl (C=O) groups is 3. The highest BCUT2D eigenvalue weighted by Gasteiger charge is 2.40. The average molecular weight is 633 g/mol. The first kappa shape index (κ1) is 33.8. The molecule has 1 aromatic carbocycles. The SMILES string of the molecule is COc1ccc(NC(=O)c2nnc3n2CC2CN(Cc4ccncc4)CC2C3)cc1.O=C(O)C(F)(F)F.O=C(O)C(F)(F)F. The van der Waals surface area contributed by atoms with Gasteiger partial charge in [-0.1, -0.05) is 0 Å². The van der Waals surface area contributed by atoms with Gasteiger partial charge in [0, 0.05) is 50.7 Å². The number of hydrogen-bond acceptors (Lipinski definition) is 8. The second kappa shape index (κ2) is 14.2. The number of anilines is 1. The fraction of sp³-hybridized carbons (Fsp3) is 0.385. The maximum Gasteiger partial charge on any atom is 0.490 e. The molecular formula is C26H26F6N6O6. The lowest BCUT2D eigenvalue weighted by Crippen LogP contribution is -2.31. The summed E-state index contributed by atoms with van der Waals surface area (Å²) < 4.78 is 70.6. The molecule has 3 N–H and O–H groups in total. The molecule has 0 spiro atoms. The molecule has 2 aliphatic heterocycles. The molecule has 18 heteroatoms. The van der Waals surface area contributed by atoms with E-state index in [1.165, 1.54) is 5.56 Å². The minimum atomic E-state index is -5.08. The smallest absolute Gasteiger partial charge is 0.490 e.